The number of rotatable bonds is 12. The standard InChI is InChI=1S/C24H54N6/c1-25-13-10-22-28-16-4-6-18-29(23-11-14-26-2)20-8-9-21-30(19-7-5-17-28)24-12-15-27-3/h25-27H,4-24H2,1-3H3. The van der Waals surface area contributed by atoms with Gasteiger partial charge in [0.05, 0.1) is 0 Å². The van der Waals surface area contributed by atoms with Crippen molar-refractivity contribution >= 4 is 0 Å². The Bertz CT molecular complexity index is 284. The first kappa shape index (κ1) is 27.8. The van der Waals surface area contributed by atoms with Crippen LogP contribution in [0.1, 0.15) is 57.8 Å². The quantitative estimate of drug-likeness (QED) is 0.415. The predicted molar refractivity (Wildman–Crippen MR) is 133 cm³/mol. The maximum absolute atomic E-state index is 3.31. The van der Waals surface area contributed by atoms with Crippen molar-refractivity contribution in [2.45, 2.75) is 57.8 Å². The van der Waals surface area contributed by atoms with Gasteiger partial charge in [-0.3, -0.25) is 0 Å². The van der Waals surface area contributed by atoms with Crippen LogP contribution in [0.25, 0.3) is 0 Å². The van der Waals surface area contributed by atoms with Gasteiger partial charge >= 0.3 is 0 Å². The molecule has 0 amide bonds. The third kappa shape index (κ3) is 15.5. The summed E-state index contributed by atoms with van der Waals surface area (Å²) in [6.07, 6.45) is 11.9. The van der Waals surface area contributed by atoms with Gasteiger partial charge in [0.1, 0.15) is 0 Å². The Kier molecular flexibility index (Phi) is 19.1. The lowest BCUT2D eigenvalue weighted by atomic mass is 10.2. The smallest absolute Gasteiger partial charge is 0.000664 e. The van der Waals surface area contributed by atoms with E-state index in [1.165, 1.54) is 117 Å². The molecule has 0 radical (unpaired) electrons. The van der Waals surface area contributed by atoms with Crippen LogP contribution in [0, 0.1) is 0 Å². The summed E-state index contributed by atoms with van der Waals surface area (Å²) < 4.78 is 0. The minimum atomic E-state index is 1.13. The zero-order valence-corrected chi connectivity index (χ0v) is 20.7. The Morgan fingerprint density at radius 2 is 0.667 bits per heavy atom. The largest absolute Gasteiger partial charge is 0.320 e. The van der Waals surface area contributed by atoms with Crippen LogP contribution in [0.4, 0.5) is 0 Å². The fourth-order valence-corrected chi connectivity index (χ4v) is 4.46. The Hall–Kier alpha value is -0.240. The molecule has 30 heavy (non-hydrogen) atoms. The van der Waals surface area contributed by atoms with E-state index in [0.29, 0.717) is 0 Å². The van der Waals surface area contributed by atoms with E-state index >= 15 is 0 Å². The predicted octanol–water partition coefficient (Wildman–Crippen LogP) is 2.08. The van der Waals surface area contributed by atoms with Gasteiger partial charge in [0, 0.05) is 0 Å². The molecule has 6 nitrogen and oxygen atoms in total. The van der Waals surface area contributed by atoms with Crippen LogP contribution in [-0.4, -0.2) is 114 Å². The molecule has 0 aliphatic carbocycles. The highest BCUT2D eigenvalue weighted by atomic mass is 15.1. The van der Waals surface area contributed by atoms with Gasteiger partial charge in [0.2, 0.25) is 0 Å². The second kappa shape index (κ2) is 20.7. The van der Waals surface area contributed by atoms with Crippen molar-refractivity contribution in [1.82, 2.24) is 30.7 Å². The van der Waals surface area contributed by atoms with Crippen LogP contribution in [0.2, 0.25) is 0 Å². The van der Waals surface area contributed by atoms with Crippen molar-refractivity contribution in [3.8, 4) is 0 Å². The van der Waals surface area contributed by atoms with Crippen molar-refractivity contribution in [3.63, 3.8) is 0 Å². The van der Waals surface area contributed by atoms with E-state index in [-0.39, 0.29) is 0 Å². The van der Waals surface area contributed by atoms with E-state index < -0.39 is 0 Å². The first-order chi connectivity index (χ1) is 14.8. The zero-order valence-electron chi connectivity index (χ0n) is 20.7. The molecule has 6 heteroatoms. The van der Waals surface area contributed by atoms with Crippen molar-refractivity contribution in [2.75, 3.05) is 99.7 Å². The van der Waals surface area contributed by atoms with Gasteiger partial charge in [-0.15, -0.1) is 0 Å². The summed E-state index contributed by atoms with van der Waals surface area (Å²) in [5, 5.41) is 9.92. The molecule has 1 heterocycles. The van der Waals surface area contributed by atoms with E-state index in [1.807, 2.05) is 0 Å². The van der Waals surface area contributed by atoms with Crippen molar-refractivity contribution in [1.29, 1.82) is 0 Å². The van der Waals surface area contributed by atoms with E-state index in [1.54, 1.807) is 0 Å². The molecule has 1 rings (SSSR count). The minimum absolute atomic E-state index is 1.13. The van der Waals surface area contributed by atoms with Crippen LogP contribution >= 0.6 is 0 Å². The van der Waals surface area contributed by atoms with Gasteiger partial charge in [0.25, 0.3) is 0 Å². The molecule has 1 aliphatic rings. The van der Waals surface area contributed by atoms with Gasteiger partial charge < -0.3 is 30.7 Å². The summed E-state index contributed by atoms with van der Waals surface area (Å²) in [7, 11) is 6.20. The molecule has 0 saturated carbocycles. The highest BCUT2D eigenvalue weighted by Gasteiger charge is 2.10. The number of hydrogen-bond acceptors (Lipinski definition) is 6. The van der Waals surface area contributed by atoms with Crippen LogP contribution < -0.4 is 16.0 Å². The first-order valence-electron chi connectivity index (χ1n) is 12.9. The fraction of sp³-hybridized carbons (Fsp3) is 1.00. The lowest BCUT2D eigenvalue weighted by Crippen LogP contribution is -2.31. The average molecular weight is 427 g/mol. The SMILES string of the molecule is CNCCCN1CCCCN(CCCNC)CCCCN(CCCNC)CCCC1. The van der Waals surface area contributed by atoms with E-state index in [0.717, 1.165) is 19.6 Å². The van der Waals surface area contributed by atoms with E-state index in [4.69, 9.17) is 0 Å². The van der Waals surface area contributed by atoms with Gasteiger partial charge in [-0.25, -0.2) is 0 Å². The van der Waals surface area contributed by atoms with E-state index in [2.05, 4.69) is 51.8 Å². The Morgan fingerprint density at radius 3 is 0.867 bits per heavy atom. The fourth-order valence-electron chi connectivity index (χ4n) is 4.46. The molecule has 0 atom stereocenters. The summed E-state index contributed by atoms with van der Waals surface area (Å²) in [5.74, 6) is 0. The number of hydrogen-bond donors (Lipinski definition) is 3. The summed E-state index contributed by atoms with van der Waals surface area (Å²) in [6, 6.07) is 0. The number of nitrogens with zero attached hydrogens (tertiary/aromatic N) is 3. The molecule has 0 aromatic rings. The molecule has 0 bridgehead atoms. The Morgan fingerprint density at radius 1 is 0.433 bits per heavy atom. The maximum Gasteiger partial charge on any atom is -0.000664 e. The normalized spacial score (nSPS) is 20.1. The van der Waals surface area contributed by atoms with Crippen LogP contribution in [-0.2, 0) is 0 Å². The molecular formula is C24H54N6. The van der Waals surface area contributed by atoms with E-state index in [9.17, 15) is 0 Å². The molecule has 0 spiro atoms. The Balaban J connectivity index is 2.55. The molecule has 0 aromatic heterocycles. The molecule has 3 N–H and O–H groups in total. The first-order valence-corrected chi connectivity index (χ1v) is 12.9. The lowest BCUT2D eigenvalue weighted by Gasteiger charge is -2.24. The monoisotopic (exact) mass is 426 g/mol. The lowest BCUT2D eigenvalue weighted by molar-refractivity contribution is 0.234. The summed E-state index contributed by atoms with van der Waals surface area (Å²) in [5.41, 5.74) is 0. The van der Waals surface area contributed by atoms with Crippen LogP contribution in [0.15, 0.2) is 0 Å². The van der Waals surface area contributed by atoms with Crippen molar-refractivity contribution < 1.29 is 0 Å². The van der Waals surface area contributed by atoms with Gasteiger partial charge in [-0.1, -0.05) is 0 Å². The molecule has 0 aromatic carbocycles. The molecule has 0 unspecified atom stereocenters. The topological polar surface area (TPSA) is 45.8 Å². The molecule has 1 saturated heterocycles. The summed E-state index contributed by atoms with van der Waals surface area (Å²) >= 11 is 0. The third-order valence-electron chi connectivity index (χ3n) is 6.30. The third-order valence-corrected chi connectivity index (χ3v) is 6.30. The van der Waals surface area contributed by atoms with Crippen LogP contribution in [0.5, 0.6) is 0 Å². The van der Waals surface area contributed by atoms with Crippen LogP contribution in [0.3, 0.4) is 0 Å². The molecule has 1 aliphatic heterocycles. The summed E-state index contributed by atoms with van der Waals surface area (Å²) in [4.78, 5) is 8.19. The zero-order chi connectivity index (χ0) is 21.7. The molecular weight excluding hydrogens is 372 g/mol. The van der Waals surface area contributed by atoms with Gasteiger partial charge in [-0.2, -0.15) is 0 Å². The Labute approximate surface area is 188 Å². The molecule has 1 fully saturated rings. The second-order valence-electron chi connectivity index (χ2n) is 9.02. The minimum Gasteiger partial charge on any atom is -0.320 e. The maximum atomic E-state index is 3.31. The van der Waals surface area contributed by atoms with Crippen molar-refractivity contribution in [2.24, 2.45) is 0 Å². The highest BCUT2D eigenvalue weighted by Crippen LogP contribution is 2.08. The van der Waals surface area contributed by atoms with Crippen molar-refractivity contribution in [3.05, 3.63) is 0 Å². The molecule has 180 valence electrons. The second-order valence-corrected chi connectivity index (χ2v) is 9.02. The summed E-state index contributed by atoms with van der Waals surface area (Å²) in [6.45, 7) is 14.8. The van der Waals surface area contributed by atoms with Gasteiger partial charge in [-0.05, 0) is 157 Å². The van der Waals surface area contributed by atoms with Gasteiger partial charge in [0.15, 0.2) is 0 Å². The highest BCUT2D eigenvalue weighted by molar-refractivity contribution is 4.67. The number of nitrogens with one attached hydrogen (secondary N) is 3. The average Bonchev–Trinajstić information content (AvgIpc) is 2.76.